The van der Waals surface area contributed by atoms with Crippen molar-refractivity contribution >= 4 is 28.6 Å². The quantitative estimate of drug-likeness (QED) is 0.173. The third kappa shape index (κ3) is 12.2. The van der Waals surface area contributed by atoms with E-state index in [1.54, 1.807) is 0 Å². The molecule has 0 atom stereocenters. The number of benzene rings is 1. The predicted molar refractivity (Wildman–Crippen MR) is 115 cm³/mol. The molecule has 0 heterocycles. The fraction of sp³-hybridized carbons (Fsp3) is 0.591. The van der Waals surface area contributed by atoms with Gasteiger partial charge in [-0.3, -0.25) is 0 Å². The van der Waals surface area contributed by atoms with E-state index < -0.39 is 5.97 Å². The lowest BCUT2D eigenvalue weighted by atomic mass is 10.0. The molecule has 0 amide bonds. The highest BCUT2D eigenvalue weighted by atomic mass is 127. The third-order valence-corrected chi connectivity index (χ3v) is 5.38. The van der Waals surface area contributed by atoms with E-state index in [-0.39, 0.29) is 0 Å². The third-order valence-electron chi connectivity index (χ3n) is 4.66. The number of carboxylic acids is 1. The van der Waals surface area contributed by atoms with Crippen molar-refractivity contribution in [2.75, 3.05) is 0 Å². The Bertz CT molecular complexity index is 493. The van der Waals surface area contributed by atoms with E-state index in [0.717, 1.165) is 12.8 Å². The molecule has 1 aromatic rings. The average molecular weight is 456 g/mol. The molecule has 0 spiro atoms. The minimum absolute atomic E-state index is 0.349. The molecule has 0 saturated carbocycles. The summed E-state index contributed by atoms with van der Waals surface area (Å²) in [5, 5.41) is 8.73. The fourth-order valence-corrected chi connectivity index (χ4v) is 3.38. The topological polar surface area (TPSA) is 37.3 Å². The second kappa shape index (κ2) is 14.3. The number of aryl methyl sites for hydroxylation is 1. The van der Waals surface area contributed by atoms with Crippen molar-refractivity contribution in [3.63, 3.8) is 0 Å². The Kier molecular flexibility index (Phi) is 12.7. The molecule has 3 heteroatoms. The number of rotatable bonds is 15. The van der Waals surface area contributed by atoms with Gasteiger partial charge in [0.1, 0.15) is 0 Å². The normalized spacial score (nSPS) is 10.8. The van der Waals surface area contributed by atoms with Gasteiger partial charge in [0.05, 0.1) is 0 Å². The van der Waals surface area contributed by atoms with E-state index in [0.29, 0.717) is 12.0 Å². The van der Waals surface area contributed by atoms with E-state index in [4.69, 9.17) is 5.11 Å². The van der Waals surface area contributed by atoms with Crippen LogP contribution in [0.25, 0.3) is 0 Å². The summed E-state index contributed by atoms with van der Waals surface area (Å²) in [6, 6.07) is 8.88. The highest BCUT2D eigenvalue weighted by Gasteiger charge is 2.02. The summed E-state index contributed by atoms with van der Waals surface area (Å²) >= 11 is 2.35. The molecular weight excluding hydrogens is 423 g/mol. The van der Waals surface area contributed by atoms with E-state index in [2.05, 4.69) is 53.4 Å². The van der Waals surface area contributed by atoms with Crippen molar-refractivity contribution in [3.05, 3.63) is 45.6 Å². The van der Waals surface area contributed by atoms with E-state index in [1.807, 2.05) is 0 Å². The minimum Gasteiger partial charge on any atom is -0.478 e. The van der Waals surface area contributed by atoms with Gasteiger partial charge in [-0.2, -0.15) is 0 Å². The number of carboxylic acid groups (broad SMARTS) is 1. The van der Waals surface area contributed by atoms with Crippen molar-refractivity contribution < 1.29 is 9.90 Å². The Balaban J connectivity index is 1.81. The largest absolute Gasteiger partial charge is 0.478 e. The maximum atomic E-state index is 10.6. The van der Waals surface area contributed by atoms with Crippen molar-refractivity contribution in [2.45, 2.75) is 83.5 Å². The van der Waals surface area contributed by atoms with Gasteiger partial charge in [0.25, 0.3) is 0 Å². The first kappa shape index (κ1) is 22.2. The summed E-state index contributed by atoms with van der Waals surface area (Å²) in [6.07, 6.45) is 15.9. The number of unbranched alkanes of at least 4 members (excludes halogenated alkanes) is 10. The first-order chi connectivity index (χ1) is 12.1. The number of hydrogen-bond donors (Lipinski definition) is 1. The lowest BCUT2D eigenvalue weighted by Gasteiger charge is -2.04. The number of aliphatic carboxylic acids is 1. The van der Waals surface area contributed by atoms with Crippen molar-refractivity contribution in [2.24, 2.45) is 0 Å². The van der Waals surface area contributed by atoms with Crippen LogP contribution in [0.5, 0.6) is 0 Å². The van der Waals surface area contributed by atoms with Gasteiger partial charge in [-0.1, -0.05) is 76.5 Å². The minimum atomic E-state index is -0.849. The van der Waals surface area contributed by atoms with E-state index in [1.165, 1.54) is 73.3 Å². The SMILES string of the molecule is C=C(CCCCCCCCCCCCCc1ccc(I)cc1)C(=O)O. The van der Waals surface area contributed by atoms with E-state index >= 15 is 0 Å². The zero-order valence-corrected chi connectivity index (χ0v) is 17.6. The van der Waals surface area contributed by atoms with Gasteiger partial charge in [0.2, 0.25) is 0 Å². The maximum Gasteiger partial charge on any atom is 0.330 e. The van der Waals surface area contributed by atoms with Crippen molar-refractivity contribution in [1.82, 2.24) is 0 Å². The van der Waals surface area contributed by atoms with Crippen molar-refractivity contribution in [3.8, 4) is 0 Å². The molecule has 25 heavy (non-hydrogen) atoms. The first-order valence-electron chi connectivity index (χ1n) is 9.75. The number of hydrogen-bond acceptors (Lipinski definition) is 1. The molecule has 0 unspecified atom stereocenters. The summed E-state index contributed by atoms with van der Waals surface area (Å²) in [5.74, 6) is -0.849. The molecule has 2 nitrogen and oxygen atoms in total. The molecule has 0 fully saturated rings. The summed E-state index contributed by atoms with van der Waals surface area (Å²) < 4.78 is 1.31. The molecular formula is C22H33IO2. The van der Waals surface area contributed by atoms with Crippen molar-refractivity contribution in [1.29, 1.82) is 0 Å². The Morgan fingerprint density at radius 1 is 0.800 bits per heavy atom. The van der Waals surface area contributed by atoms with Gasteiger partial charge >= 0.3 is 5.97 Å². The van der Waals surface area contributed by atoms with Crippen LogP contribution in [0.15, 0.2) is 36.4 Å². The molecule has 0 aliphatic heterocycles. The Labute approximate surface area is 167 Å². The molecule has 0 bridgehead atoms. The highest BCUT2D eigenvalue weighted by molar-refractivity contribution is 14.1. The summed E-state index contributed by atoms with van der Waals surface area (Å²) in [6.45, 7) is 3.56. The molecule has 1 rings (SSSR count). The van der Waals surface area contributed by atoms with Crippen LogP contribution in [0.4, 0.5) is 0 Å². The molecule has 0 aromatic heterocycles. The van der Waals surface area contributed by atoms with Crippen LogP contribution in [0.3, 0.4) is 0 Å². The Morgan fingerprint density at radius 2 is 1.24 bits per heavy atom. The van der Waals surface area contributed by atoms with E-state index in [9.17, 15) is 4.79 Å². The zero-order chi connectivity index (χ0) is 18.3. The smallest absolute Gasteiger partial charge is 0.330 e. The Morgan fingerprint density at radius 3 is 1.72 bits per heavy atom. The molecule has 0 radical (unpaired) electrons. The van der Waals surface area contributed by atoms with Gasteiger partial charge in [0, 0.05) is 9.14 Å². The van der Waals surface area contributed by atoms with Gasteiger partial charge in [-0.25, -0.2) is 4.79 Å². The average Bonchev–Trinajstić information content (AvgIpc) is 2.60. The molecule has 0 aliphatic rings. The standard InChI is InChI=1S/C22H33IO2/c1-19(22(24)25)13-11-9-7-5-3-2-4-6-8-10-12-14-20-15-17-21(23)18-16-20/h15-18H,1-14H2,(H,24,25). The van der Waals surface area contributed by atoms with Gasteiger partial charge in [-0.15, -0.1) is 0 Å². The van der Waals surface area contributed by atoms with Crippen LogP contribution in [-0.2, 0) is 11.2 Å². The molecule has 140 valence electrons. The van der Waals surface area contributed by atoms with Crippen LogP contribution in [0.1, 0.15) is 82.6 Å². The lowest BCUT2D eigenvalue weighted by molar-refractivity contribution is -0.132. The van der Waals surface area contributed by atoms with Crippen LogP contribution < -0.4 is 0 Å². The van der Waals surface area contributed by atoms with Gasteiger partial charge in [-0.05, 0) is 66.0 Å². The predicted octanol–water partition coefficient (Wildman–Crippen LogP) is 7.16. The Hall–Kier alpha value is -0.840. The maximum absolute atomic E-state index is 10.6. The van der Waals surface area contributed by atoms with Gasteiger partial charge < -0.3 is 5.11 Å². The van der Waals surface area contributed by atoms with Crippen LogP contribution >= 0.6 is 22.6 Å². The second-order valence-corrected chi connectivity index (χ2v) is 8.17. The van der Waals surface area contributed by atoms with Crippen LogP contribution in [0, 0.1) is 3.57 Å². The summed E-state index contributed by atoms with van der Waals surface area (Å²) in [4.78, 5) is 10.6. The monoisotopic (exact) mass is 456 g/mol. The molecule has 0 saturated heterocycles. The lowest BCUT2D eigenvalue weighted by Crippen LogP contribution is -1.98. The number of halogens is 1. The summed E-state index contributed by atoms with van der Waals surface area (Å²) in [7, 11) is 0. The molecule has 1 aromatic carbocycles. The fourth-order valence-electron chi connectivity index (χ4n) is 3.02. The van der Waals surface area contributed by atoms with Crippen LogP contribution in [0.2, 0.25) is 0 Å². The highest BCUT2D eigenvalue weighted by Crippen LogP contribution is 2.15. The van der Waals surface area contributed by atoms with Gasteiger partial charge in [0.15, 0.2) is 0 Å². The summed E-state index contributed by atoms with van der Waals surface area (Å²) in [5.41, 5.74) is 1.81. The molecule has 1 N–H and O–H groups in total. The second-order valence-electron chi connectivity index (χ2n) is 6.92. The van der Waals surface area contributed by atoms with Crippen LogP contribution in [-0.4, -0.2) is 11.1 Å². The first-order valence-corrected chi connectivity index (χ1v) is 10.8. The molecule has 0 aliphatic carbocycles. The number of carbonyl (C=O) groups is 1. The zero-order valence-electron chi connectivity index (χ0n) is 15.4.